The number of nitro benzene ring substituents is 2. The monoisotopic (exact) mass is 436 g/mol. The van der Waals surface area contributed by atoms with Crippen molar-refractivity contribution in [3.8, 4) is 10.4 Å². The van der Waals surface area contributed by atoms with Crippen LogP contribution < -0.4 is 11.5 Å². The zero-order valence-corrected chi connectivity index (χ0v) is 15.6. The Morgan fingerprint density at radius 3 is 1.96 bits per heavy atom. The lowest BCUT2D eigenvalue weighted by Gasteiger charge is -2.00. The molecular weight excluding hydrogens is 424 g/mol. The number of halogens is 1. The lowest BCUT2D eigenvalue weighted by atomic mass is 10.1. The van der Waals surface area contributed by atoms with Gasteiger partial charge < -0.3 is 11.5 Å². The summed E-state index contributed by atoms with van der Waals surface area (Å²) in [5, 5.41) is 22.9. The van der Waals surface area contributed by atoms with Crippen molar-refractivity contribution in [3.63, 3.8) is 0 Å². The summed E-state index contributed by atoms with van der Waals surface area (Å²) in [5.74, 6) is 0. The number of thiophene rings is 1. The molecule has 1 heterocycles. The molecule has 0 aliphatic carbocycles. The molecule has 0 bridgehead atoms. The normalized spacial score (nSPS) is 9.88. The van der Waals surface area contributed by atoms with E-state index in [9.17, 15) is 20.2 Å². The number of anilines is 2. The van der Waals surface area contributed by atoms with Crippen LogP contribution in [0.25, 0.3) is 10.4 Å². The van der Waals surface area contributed by atoms with Gasteiger partial charge in [0.2, 0.25) is 0 Å². The summed E-state index contributed by atoms with van der Waals surface area (Å²) in [6.45, 7) is 0. The molecule has 26 heavy (non-hydrogen) atoms. The average Bonchev–Trinajstić information content (AvgIpc) is 3.12. The van der Waals surface area contributed by atoms with Crippen molar-refractivity contribution in [2.75, 3.05) is 11.5 Å². The van der Waals surface area contributed by atoms with Gasteiger partial charge in [0.15, 0.2) is 0 Å². The van der Waals surface area contributed by atoms with E-state index in [1.807, 2.05) is 17.5 Å². The topological polar surface area (TPSA) is 138 Å². The molecule has 2 aromatic carbocycles. The van der Waals surface area contributed by atoms with Crippen LogP contribution in [-0.4, -0.2) is 9.85 Å². The number of nitrogens with two attached hydrogens (primary N) is 2. The Morgan fingerprint density at radius 1 is 0.885 bits per heavy atom. The van der Waals surface area contributed by atoms with Crippen LogP contribution in [-0.2, 0) is 0 Å². The smallest absolute Gasteiger partial charge is 0.293 e. The molecule has 10 heteroatoms. The molecular formula is C16H13BrN4O4S. The average molecular weight is 437 g/mol. The Morgan fingerprint density at radius 2 is 1.46 bits per heavy atom. The Bertz CT molecular complexity index is 947. The molecule has 0 aliphatic heterocycles. The molecule has 1 aromatic heterocycles. The number of nitro groups is 2. The molecule has 3 rings (SSSR count). The molecule has 0 spiro atoms. The zero-order valence-electron chi connectivity index (χ0n) is 13.2. The van der Waals surface area contributed by atoms with Crippen molar-refractivity contribution in [1.29, 1.82) is 0 Å². The third-order valence-electron chi connectivity index (χ3n) is 3.22. The Kier molecular flexibility index (Phi) is 6.26. The lowest BCUT2D eigenvalue weighted by Crippen LogP contribution is -1.95. The highest BCUT2D eigenvalue weighted by Crippen LogP contribution is 2.31. The predicted molar refractivity (Wildman–Crippen MR) is 106 cm³/mol. The van der Waals surface area contributed by atoms with Gasteiger partial charge >= 0.3 is 0 Å². The summed E-state index contributed by atoms with van der Waals surface area (Å²) in [5.41, 5.74) is 11.9. The Hall–Kier alpha value is -2.98. The highest BCUT2D eigenvalue weighted by atomic mass is 79.9. The highest BCUT2D eigenvalue weighted by Gasteiger charge is 2.12. The Balaban J connectivity index is 0.000000197. The van der Waals surface area contributed by atoms with Crippen molar-refractivity contribution in [1.82, 2.24) is 0 Å². The van der Waals surface area contributed by atoms with Crippen molar-refractivity contribution >= 4 is 50.0 Å². The highest BCUT2D eigenvalue weighted by molar-refractivity contribution is 9.10. The third kappa shape index (κ3) is 4.77. The molecule has 0 radical (unpaired) electrons. The van der Waals surface area contributed by atoms with Gasteiger partial charge in [-0.2, -0.15) is 0 Å². The minimum atomic E-state index is -0.514. The van der Waals surface area contributed by atoms with Gasteiger partial charge in [0.25, 0.3) is 11.4 Å². The lowest BCUT2D eigenvalue weighted by molar-refractivity contribution is -0.384. The molecule has 4 N–H and O–H groups in total. The minimum Gasteiger partial charge on any atom is -0.393 e. The van der Waals surface area contributed by atoms with Gasteiger partial charge in [0.1, 0.15) is 11.4 Å². The maximum atomic E-state index is 10.7. The second-order valence-electron chi connectivity index (χ2n) is 4.97. The van der Waals surface area contributed by atoms with Crippen LogP contribution in [0.5, 0.6) is 0 Å². The van der Waals surface area contributed by atoms with Gasteiger partial charge in [-0.25, -0.2) is 0 Å². The predicted octanol–water partition coefficient (Wildman–Crippen LogP) is 4.85. The molecule has 0 atom stereocenters. The largest absolute Gasteiger partial charge is 0.393 e. The summed E-state index contributed by atoms with van der Waals surface area (Å²) >= 11 is 4.64. The molecule has 0 amide bonds. The van der Waals surface area contributed by atoms with E-state index >= 15 is 0 Å². The van der Waals surface area contributed by atoms with Crippen molar-refractivity contribution in [2.24, 2.45) is 0 Å². The van der Waals surface area contributed by atoms with Gasteiger partial charge in [-0.1, -0.05) is 28.1 Å². The molecule has 134 valence electrons. The van der Waals surface area contributed by atoms with E-state index in [4.69, 9.17) is 11.5 Å². The first-order valence-corrected chi connectivity index (χ1v) is 8.74. The molecule has 8 nitrogen and oxygen atoms in total. The molecule has 0 fully saturated rings. The zero-order chi connectivity index (χ0) is 19.3. The standard InChI is InChI=1S/C10H8N2O2S.C6H5BrN2O2/c11-8-4-3-7(6-9(8)12(13)14)10-2-1-5-15-10;7-4-1-2-5(8)6(3-4)9(10)11/h1-6H,11H2;1-3H,8H2. The van der Waals surface area contributed by atoms with Crippen LogP contribution in [0.3, 0.4) is 0 Å². The molecule has 0 saturated carbocycles. The second-order valence-corrected chi connectivity index (χ2v) is 6.83. The van der Waals surface area contributed by atoms with E-state index in [1.165, 1.54) is 29.5 Å². The van der Waals surface area contributed by atoms with Gasteiger partial charge in [-0.3, -0.25) is 20.2 Å². The van der Waals surface area contributed by atoms with E-state index < -0.39 is 9.85 Å². The first-order chi connectivity index (χ1) is 12.3. The number of hydrogen-bond acceptors (Lipinski definition) is 7. The summed E-state index contributed by atoms with van der Waals surface area (Å²) in [6.07, 6.45) is 0. The van der Waals surface area contributed by atoms with E-state index in [0.29, 0.717) is 4.47 Å². The number of rotatable bonds is 3. The van der Waals surface area contributed by atoms with E-state index in [-0.39, 0.29) is 22.7 Å². The minimum absolute atomic E-state index is 0.0408. The fraction of sp³-hybridized carbons (Fsp3) is 0. The van der Waals surface area contributed by atoms with E-state index in [0.717, 1.165) is 10.4 Å². The SMILES string of the molecule is Nc1ccc(-c2cccs2)cc1[N+](=O)[O-].Nc1ccc(Br)cc1[N+](=O)[O-]. The van der Waals surface area contributed by atoms with Crippen LogP contribution in [0.4, 0.5) is 22.7 Å². The van der Waals surface area contributed by atoms with Crippen LogP contribution in [0.1, 0.15) is 0 Å². The summed E-state index contributed by atoms with van der Waals surface area (Å²) in [6, 6.07) is 13.2. The van der Waals surface area contributed by atoms with Gasteiger partial charge in [0, 0.05) is 21.5 Å². The molecule has 3 aromatic rings. The van der Waals surface area contributed by atoms with Gasteiger partial charge in [-0.15, -0.1) is 11.3 Å². The van der Waals surface area contributed by atoms with Crippen LogP contribution >= 0.6 is 27.3 Å². The molecule has 0 saturated heterocycles. The Labute approximate surface area is 160 Å². The van der Waals surface area contributed by atoms with Crippen molar-refractivity contribution in [3.05, 3.63) is 78.6 Å². The van der Waals surface area contributed by atoms with E-state index in [1.54, 1.807) is 18.2 Å². The number of nitrogens with zero attached hydrogens (tertiary/aromatic N) is 2. The van der Waals surface area contributed by atoms with E-state index in [2.05, 4.69) is 15.9 Å². The molecule has 0 aliphatic rings. The number of benzene rings is 2. The van der Waals surface area contributed by atoms with Crippen molar-refractivity contribution in [2.45, 2.75) is 0 Å². The third-order valence-corrected chi connectivity index (χ3v) is 4.63. The first-order valence-electron chi connectivity index (χ1n) is 7.07. The van der Waals surface area contributed by atoms with Crippen LogP contribution in [0.2, 0.25) is 0 Å². The van der Waals surface area contributed by atoms with Crippen LogP contribution in [0, 0.1) is 20.2 Å². The number of nitrogen functional groups attached to an aromatic ring is 2. The maximum absolute atomic E-state index is 10.7. The number of hydrogen-bond donors (Lipinski definition) is 2. The first kappa shape index (κ1) is 19.3. The second kappa shape index (κ2) is 8.41. The van der Waals surface area contributed by atoms with Gasteiger partial charge in [-0.05, 0) is 35.2 Å². The maximum Gasteiger partial charge on any atom is 0.293 e. The summed E-state index contributed by atoms with van der Waals surface area (Å²) in [4.78, 5) is 21.0. The molecule has 0 unspecified atom stereocenters. The summed E-state index contributed by atoms with van der Waals surface area (Å²) in [7, 11) is 0. The fourth-order valence-corrected chi connectivity index (χ4v) is 3.05. The van der Waals surface area contributed by atoms with Crippen molar-refractivity contribution < 1.29 is 9.85 Å². The quantitative estimate of drug-likeness (QED) is 0.341. The van der Waals surface area contributed by atoms with Crippen LogP contribution in [0.15, 0.2) is 58.4 Å². The summed E-state index contributed by atoms with van der Waals surface area (Å²) < 4.78 is 0.651. The fourth-order valence-electron chi connectivity index (χ4n) is 1.97. The van der Waals surface area contributed by atoms with Gasteiger partial charge in [0.05, 0.1) is 9.85 Å².